The lowest BCUT2D eigenvalue weighted by molar-refractivity contribution is 0.101. The number of aliphatic hydroxyl groups excluding tert-OH is 1. The fraction of sp³-hybridized carbons (Fsp3) is 0.412. The van der Waals surface area contributed by atoms with Gasteiger partial charge in [0.05, 0.1) is 12.3 Å². The number of nitrogens with zero attached hydrogens (tertiary/aromatic N) is 3. The molecule has 0 spiro atoms. The largest absolute Gasteiger partial charge is 0.395 e. The smallest absolute Gasteiger partial charge is 0.273 e. The third-order valence-corrected chi connectivity index (χ3v) is 3.72. The molecule has 0 fully saturated rings. The molecule has 0 radical (unpaired) electrons. The minimum absolute atomic E-state index is 0.105. The van der Waals surface area contributed by atoms with Crippen LogP contribution in [0.5, 0.6) is 0 Å². The van der Waals surface area contributed by atoms with E-state index >= 15 is 0 Å². The van der Waals surface area contributed by atoms with E-state index in [1.54, 1.807) is 11.7 Å². The topological polar surface area (TPSA) is 70.4 Å². The highest BCUT2D eigenvalue weighted by molar-refractivity contribution is 6.03. The van der Waals surface area contributed by atoms with Crippen LogP contribution >= 0.6 is 0 Å². The summed E-state index contributed by atoms with van der Waals surface area (Å²) in [4.78, 5) is 14.3. The summed E-state index contributed by atoms with van der Waals surface area (Å²) in [6, 6.07) is 9.34. The fourth-order valence-corrected chi connectivity index (χ4v) is 2.26. The van der Waals surface area contributed by atoms with Crippen LogP contribution in [0.2, 0.25) is 0 Å². The number of carbonyl (C=O) groups is 1. The lowest BCUT2D eigenvalue weighted by atomic mass is 10.1. The third-order valence-electron chi connectivity index (χ3n) is 3.72. The summed E-state index contributed by atoms with van der Waals surface area (Å²) < 4.78 is 1.61. The normalized spacial score (nSPS) is 10.9. The van der Waals surface area contributed by atoms with Crippen LogP contribution in [0.25, 0.3) is 0 Å². The molecule has 0 aliphatic rings. The minimum atomic E-state index is -0.177. The molecule has 124 valence electrons. The molecule has 2 N–H and O–H groups in total. The maximum atomic E-state index is 12.4. The van der Waals surface area contributed by atoms with Gasteiger partial charge in [0.15, 0.2) is 0 Å². The first kappa shape index (κ1) is 17.0. The minimum Gasteiger partial charge on any atom is -0.395 e. The summed E-state index contributed by atoms with van der Waals surface area (Å²) in [5.74, 6) is 0.104. The molecule has 1 amide bonds. The summed E-state index contributed by atoms with van der Waals surface area (Å²) in [5.41, 5.74) is 3.15. The summed E-state index contributed by atoms with van der Waals surface area (Å²) in [6.45, 7) is 4.77. The molecular formula is C17H24N4O2. The van der Waals surface area contributed by atoms with Gasteiger partial charge in [-0.25, -0.2) is 0 Å². The SMILES string of the molecule is CC(C)c1cc(C(=O)Nc2ccc(N(C)CCO)cc2)n(C)n1. The summed E-state index contributed by atoms with van der Waals surface area (Å²) in [7, 11) is 3.68. The van der Waals surface area contributed by atoms with Crippen molar-refractivity contribution in [3.05, 3.63) is 41.7 Å². The Morgan fingerprint density at radius 1 is 1.35 bits per heavy atom. The predicted octanol–water partition coefficient (Wildman–Crippen LogP) is 2.22. The van der Waals surface area contributed by atoms with Crippen molar-refractivity contribution < 1.29 is 9.90 Å². The van der Waals surface area contributed by atoms with Gasteiger partial charge >= 0.3 is 0 Å². The number of anilines is 2. The number of likely N-dealkylation sites (N-methyl/N-ethyl adjacent to an activating group) is 1. The molecule has 1 heterocycles. The van der Waals surface area contributed by atoms with Crippen molar-refractivity contribution in [2.24, 2.45) is 7.05 Å². The molecular weight excluding hydrogens is 292 g/mol. The van der Waals surface area contributed by atoms with Crippen LogP contribution in [0, 0.1) is 0 Å². The molecule has 0 aliphatic heterocycles. The van der Waals surface area contributed by atoms with E-state index in [1.165, 1.54) is 0 Å². The van der Waals surface area contributed by atoms with Crippen LogP contribution in [0.3, 0.4) is 0 Å². The van der Waals surface area contributed by atoms with Crippen LogP contribution in [-0.2, 0) is 7.05 Å². The van der Waals surface area contributed by atoms with Crippen molar-refractivity contribution in [2.45, 2.75) is 19.8 Å². The highest BCUT2D eigenvalue weighted by atomic mass is 16.3. The molecule has 2 aromatic rings. The number of aryl methyl sites for hydroxylation is 1. The van der Waals surface area contributed by atoms with Crippen molar-refractivity contribution in [1.82, 2.24) is 9.78 Å². The Kier molecular flexibility index (Phi) is 5.39. The second kappa shape index (κ2) is 7.28. The van der Waals surface area contributed by atoms with Crippen molar-refractivity contribution in [3.8, 4) is 0 Å². The van der Waals surface area contributed by atoms with E-state index in [4.69, 9.17) is 5.11 Å². The van der Waals surface area contributed by atoms with Gasteiger partial charge in [0.1, 0.15) is 5.69 Å². The summed E-state index contributed by atoms with van der Waals surface area (Å²) in [5, 5.41) is 16.2. The zero-order chi connectivity index (χ0) is 17.0. The zero-order valence-electron chi connectivity index (χ0n) is 14.1. The van der Waals surface area contributed by atoms with Crippen LogP contribution in [0.4, 0.5) is 11.4 Å². The van der Waals surface area contributed by atoms with Crippen LogP contribution in [0.1, 0.15) is 35.9 Å². The first-order valence-electron chi connectivity index (χ1n) is 7.69. The van der Waals surface area contributed by atoms with Gasteiger partial charge in [-0.1, -0.05) is 13.8 Å². The van der Waals surface area contributed by atoms with E-state index in [-0.39, 0.29) is 18.4 Å². The second-order valence-corrected chi connectivity index (χ2v) is 5.88. The van der Waals surface area contributed by atoms with Crippen molar-refractivity contribution in [2.75, 3.05) is 30.4 Å². The lowest BCUT2D eigenvalue weighted by Crippen LogP contribution is -2.21. The summed E-state index contributed by atoms with van der Waals surface area (Å²) >= 11 is 0. The highest BCUT2D eigenvalue weighted by Gasteiger charge is 2.15. The number of benzene rings is 1. The number of aliphatic hydroxyl groups is 1. The second-order valence-electron chi connectivity index (χ2n) is 5.88. The van der Waals surface area contributed by atoms with Crippen molar-refractivity contribution in [1.29, 1.82) is 0 Å². The molecule has 0 bridgehead atoms. The van der Waals surface area contributed by atoms with E-state index in [1.807, 2.05) is 56.1 Å². The molecule has 6 nitrogen and oxygen atoms in total. The predicted molar refractivity (Wildman–Crippen MR) is 92.0 cm³/mol. The molecule has 1 aromatic carbocycles. The Hall–Kier alpha value is -2.34. The standard InChI is InChI=1S/C17H24N4O2/c1-12(2)15-11-16(21(4)19-15)17(23)18-13-5-7-14(8-6-13)20(3)9-10-22/h5-8,11-12,22H,9-10H2,1-4H3,(H,18,23). The molecule has 1 aromatic heterocycles. The van der Waals surface area contributed by atoms with Crippen LogP contribution in [0.15, 0.2) is 30.3 Å². The quantitative estimate of drug-likeness (QED) is 0.857. The Morgan fingerprint density at radius 3 is 2.52 bits per heavy atom. The Bertz CT molecular complexity index is 662. The maximum absolute atomic E-state index is 12.4. The van der Waals surface area contributed by atoms with E-state index in [2.05, 4.69) is 10.4 Å². The molecule has 0 atom stereocenters. The van der Waals surface area contributed by atoms with Gasteiger partial charge in [-0.05, 0) is 36.2 Å². The Morgan fingerprint density at radius 2 is 2.00 bits per heavy atom. The van der Waals surface area contributed by atoms with Gasteiger partial charge in [-0.15, -0.1) is 0 Å². The van der Waals surface area contributed by atoms with E-state index < -0.39 is 0 Å². The van der Waals surface area contributed by atoms with Gasteiger partial charge in [0.2, 0.25) is 0 Å². The molecule has 6 heteroatoms. The van der Waals surface area contributed by atoms with Crippen molar-refractivity contribution in [3.63, 3.8) is 0 Å². The third kappa shape index (κ3) is 4.10. The molecule has 0 saturated carbocycles. The monoisotopic (exact) mass is 316 g/mol. The van der Waals surface area contributed by atoms with Gasteiger partial charge in [0, 0.05) is 32.0 Å². The van der Waals surface area contributed by atoms with Crippen LogP contribution < -0.4 is 10.2 Å². The van der Waals surface area contributed by atoms with Crippen molar-refractivity contribution >= 4 is 17.3 Å². The highest BCUT2D eigenvalue weighted by Crippen LogP contribution is 2.18. The van der Waals surface area contributed by atoms with Gasteiger partial charge in [0.25, 0.3) is 5.91 Å². The average molecular weight is 316 g/mol. The first-order valence-corrected chi connectivity index (χ1v) is 7.69. The van der Waals surface area contributed by atoms with E-state index in [9.17, 15) is 4.79 Å². The lowest BCUT2D eigenvalue weighted by Gasteiger charge is -2.18. The van der Waals surface area contributed by atoms with E-state index in [0.717, 1.165) is 17.1 Å². The summed E-state index contributed by atoms with van der Waals surface area (Å²) in [6.07, 6.45) is 0. The van der Waals surface area contributed by atoms with Gasteiger partial charge in [-0.3, -0.25) is 9.48 Å². The number of amides is 1. The zero-order valence-corrected chi connectivity index (χ0v) is 14.1. The first-order chi connectivity index (χ1) is 10.9. The van der Waals surface area contributed by atoms with E-state index in [0.29, 0.717) is 12.2 Å². The Balaban J connectivity index is 2.08. The molecule has 0 unspecified atom stereocenters. The molecule has 0 aliphatic carbocycles. The number of nitrogens with one attached hydrogen (secondary N) is 1. The van der Waals surface area contributed by atoms with Gasteiger partial charge < -0.3 is 15.3 Å². The number of aromatic nitrogens is 2. The Labute approximate surface area is 136 Å². The number of carbonyl (C=O) groups excluding carboxylic acids is 1. The van der Waals surface area contributed by atoms with Crippen LogP contribution in [-0.4, -0.2) is 41.0 Å². The number of hydrogen-bond donors (Lipinski definition) is 2. The molecule has 23 heavy (non-hydrogen) atoms. The fourth-order valence-electron chi connectivity index (χ4n) is 2.26. The average Bonchev–Trinajstić information content (AvgIpc) is 2.90. The molecule has 0 saturated heterocycles. The number of rotatable bonds is 6. The van der Waals surface area contributed by atoms with Gasteiger partial charge in [-0.2, -0.15) is 5.10 Å². The molecule has 2 rings (SSSR count). The number of hydrogen-bond acceptors (Lipinski definition) is 4. The maximum Gasteiger partial charge on any atom is 0.273 e.